The molecule has 0 bridgehead atoms. The van der Waals surface area contributed by atoms with Gasteiger partial charge in [0.1, 0.15) is 24.2 Å². The summed E-state index contributed by atoms with van der Waals surface area (Å²) in [5.74, 6) is -1.94. The minimum absolute atomic E-state index is 0.214. The van der Waals surface area contributed by atoms with Crippen LogP contribution in [-0.2, 0) is 62.5 Å². The van der Waals surface area contributed by atoms with Gasteiger partial charge < -0.3 is 63.0 Å². The van der Waals surface area contributed by atoms with E-state index in [1.165, 1.54) is 0 Å². The number of fused-ring (bicyclic) bond motifs is 2. The molecule has 4 saturated heterocycles. The van der Waals surface area contributed by atoms with Gasteiger partial charge in [0.05, 0.1) is 12.1 Å². The zero-order valence-electron chi connectivity index (χ0n) is 63.8. The Morgan fingerprint density at radius 2 is 0.722 bits per heavy atom. The van der Waals surface area contributed by atoms with Crippen molar-refractivity contribution < 1.29 is 38.4 Å². The summed E-state index contributed by atoms with van der Waals surface area (Å²) in [5, 5.41) is 32.8. The molecule has 11 rings (SSSR count). The van der Waals surface area contributed by atoms with Gasteiger partial charge in [-0.25, -0.2) is 0 Å². The number of nitrogens with one attached hydrogen (secondary N) is 10. The third kappa shape index (κ3) is 19.3. The Bertz CT molecular complexity index is 3530. The Kier molecular flexibility index (Phi) is 29.1. The quantitative estimate of drug-likeness (QED) is 0.0165. The lowest BCUT2D eigenvalue weighted by molar-refractivity contribution is -0.145. The number of unbranched alkanes of at least 4 members (excludes halogenated alkanes) is 2. The lowest BCUT2D eigenvalue weighted by Gasteiger charge is -2.38. The monoisotopic (exact) mass is 1470 g/mol. The largest absolute Gasteiger partial charge is 0.353 e. The molecule has 20 nitrogen and oxygen atoms in total. The van der Waals surface area contributed by atoms with Crippen molar-refractivity contribution in [3.05, 3.63) is 215 Å². The highest BCUT2D eigenvalue weighted by atomic mass is 16.2. The lowest BCUT2D eigenvalue weighted by Crippen LogP contribution is -2.62. The van der Waals surface area contributed by atoms with Crippen LogP contribution in [0.15, 0.2) is 182 Å². The van der Waals surface area contributed by atoms with Gasteiger partial charge in [-0.1, -0.05) is 247 Å². The number of hydrogen-bond acceptors (Lipinski definition) is 12. The highest BCUT2D eigenvalue weighted by Crippen LogP contribution is 2.40. The molecule has 5 fully saturated rings. The molecule has 6 aromatic rings. The van der Waals surface area contributed by atoms with Crippen molar-refractivity contribution in [2.24, 2.45) is 23.7 Å². The third-order valence-corrected chi connectivity index (χ3v) is 24.0. The molecule has 0 radical (unpaired) electrons. The van der Waals surface area contributed by atoms with Crippen molar-refractivity contribution in [2.45, 2.75) is 215 Å². The van der Waals surface area contributed by atoms with Gasteiger partial charge >= 0.3 is 0 Å². The molecule has 108 heavy (non-hydrogen) atoms. The number of nitrogens with zero attached hydrogens (tertiary/aromatic N) is 2. The molecule has 20 heteroatoms. The van der Waals surface area contributed by atoms with E-state index in [4.69, 9.17) is 0 Å². The normalized spacial score (nSPS) is 22.8. The maximum absolute atomic E-state index is 15.3. The fourth-order valence-electron chi connectivity index (χ4n) is 17.9. The zero-order valence-corrected chi connectivity index (χ0v) is 63.8. The molecule has 5 aliphatic rings. The summed E-state index contributed by atoms with van der Waals surface area (Å²) in [6.45, 7) is 6.87. The second-order valence-electron chi connectivity index (χ2n) is 30.7. The summed E-state index contributed by atoms with van der Waals surface area (Å²) < 4.78 is 0. The molecule has 1 aliphatic carbocycles. The smallest absolute Gasteiger partial charge is 0.255 e. The average Bonchev–Trinajstić information content (AvgIpc) is 1.14. The highest BCUT2D eigenvalue weighted by molar-refractivity contribution is 6.01. The van der Waals surface area contributed by atoms with Gasteiger partial charge in [0, 0.05) is 63.2 Å². The second-order valence-corrected chi connectivity index (χ2v) is 30.7. The highest BCUT2D eigenvalue weighted by Gasteiger charge is 2.53. The molecule has 576 valence electrons. The maximum atomic E-state index is 15.3. The number of likely N-dealkylation sites (N-methyl/N-ethyl adjacent to an activating group) is 2. The van der Waals surface area contributed by atoms with E-state index >= 15 is 28.8 Å². The molecule has 0 spiro atoms. The van der Waals surface area contributed by atoms with Crippen molar-refractivity contribution in [3.63, 3.8) is 0 Å². The second kappa shape index (κ2) is 39.3. The minimum Gasteiger partial charge on any atom is -0.353 e. The number of carbonyl (C=O) groups excluding carboxylic acids is 8. The van der Waals surface area contributed by atoms with Crippen LogP contribution < -0.4 is 53.2 Å². The summed E-state index contributed by atoms with van der Waals surface area (Å²) in [6.07, 6.45) is 15.8. The molecular weight excluding hydrogens is 1350 g/mol. The van der Waals surface area contributed by atoms with Crippen molar-refractivity contribution in [1.29, 1.82) is 0 Å². The van der Waals surface area contributed by atoms with E-state index in [1.54, 1.807) is 23.9 Å². The first-order valence-electron chi connectivity index (χ1n) is 40.2. The van der Waals surface area contributed by atoms with Gasteiger partial charge in [-0.15, -0.1) is 0 Å². The first kappa shape index (κ1) is 79.9. The molecule has 6 aromatic carbocycles. The molecule has 8 amide bonds. The maximum Gasteiger partial charge on any atom is 0.255 e. The van der Waals surface area contributed by atoms with Crippen LogP contribution >= 0.6 is 0 Å². The summed E-state index contributed by atoms with van der Waals surface area (Å²) in [4.78, 5) is 123. The predicted octanol–water partition coefficient (Wildman–Crippen LogP) is 9.57. The van der Waals surface area contributed by atoms with E-state index in [0.29, 0.717) is 138 Å². The van der Waals surface area contributed by atoms with Crippen LogP contribution in [-0.4, -0.2) is 146 Å². The van der Waals surface area contributed by atoms with E-state index in [9.17, 15) is 9.59 Å². The van der Waals surface area contributed by atoms with Crippen molar-refractivity contribution in [2.75, 3.05) is 40.3 Å². The molecule has 1 unspecified atom stereocenters. The average molecular weight is 1470 g/mol. The number of rotatable bonds is 36. The molecule has 10 N–H and O–H groups in total. The van der Waals surface area contributed by atoms with Crippen LogP contribution in [0.1, 0.15) is 176 Å². The number of amides is 8. The van der Waals surface area contributed by atoms with Crippen molar-refractivity contribution in [3.8, 4) is 0 Å². The summed E-state index contributed by atoms with van der Waals surface area (Å²) in [7, 11) is 3.48. The first-order chi connectivity index (χ1) is 52.7. The number of carbonyl (C=O) groups is 8. The van der Waals surface area contributed by atoms with E-state index < -0.39 is 59.1 Å². The van der Waals surface area contributed by atoms with Crippen LogP contribution in [0.5, 0.6) is 0 Å². The van der Waals surface area contributed by atoms with Gasteiger partial charge in [-0.05, 0) is 136 Å². The van der Waals surface area contributed by atoms with Crippen LogP contribution in [0, 0.1) is 23.7 Å². The first-order valence-corrected chi connectivity index (χ1v) is 40.2. The molecule has 4 aliphatic heterocycles. The minimum atomic E-state index is -1.63. The summed E-state index contributed by atoms with van der Waals surface area (Å²) >= 11 is 0. The lowest BCUT2D eigenvalue weighted by atomic mass is 9.78. The SMILES string of the molecule is CC[C@H](NC)C(=O)N[C@@H]1C(=O)N2C(C(=O)NC(C(=O)NCCCCC3CCC(CCCCNC(=O)C(NC(=O)[C@@H]4CC[C@@H]5CC[C@H](CNCc6ccccc6)[C@H](NC(=O)[C@H](CC)NC)C(=O)N54)(c4ccccc4)c4ccccc4)CC3)(c3ccccc3)c3ccccc3)CC[C@@H]2CC[C@@H]1CNCc1ccccc1. The summed E-state index contributed by atoms with van der Waals surface area (Å²) in [5.41, 5.74) is 1.35. The predicted molar refractivity (Wildman–Crippen MR) is 422 cm³/mol. The Morgan fingerprint density at radius 1 is 0.407 bits per heavy atom. The fraction of sp³-hybridized carbons (Fsp3) is 0.500. The van der Waals surface area contributed by atoms with Crippen LogP contribution in [0.2, 0.25) is 0 Å². The Hall–Kier alpha value is -9.08. The van der Waals surface area contributed by atoms with Crippen LogP contribution in [0.25, 0.3) is 0 Å². The van der Waals surface area contributed by atoms with Crippen LogP contribution in [0.3, 0.4) is 0 Å². The Balaban J connectivity index is 0.681. The Morgan fingerprint density at radius 3 is 1.04 bits per heavy atom. The molecule has 10 atom stereocenters. The van der Waals surface area contributed by atoms with Gasteiger partial charge in [-0.2, -0.15) is 0 Å². The zero-order chi connectivity index (χ0) is 75.8. The van der Waals surface area contributed by atoms with Crippen LogP contribution in [0.4, 0.5) is 0 Å². The third-order valence-electron chi connectivity index (χ3n) is 24.0. The topological polar surface area (TPSA) is 263 Å². The summed E-state index contributed by atoms with van der Waals surface area (Å²) in [6, 6.07) is 52.7. The van der Waals surface area contributed by atoms with Crippen molar-refractivity contribution >= 4 is 47.3 Å². The Labute approximate surface area is 639 Å². The van der Waals surface area contributed by atoms with E-state index in [1.807, 2.05) is 172 Å². The van der Waals surface area contributed by atoms with Gasteiger partial charge in [-0.3, -0.25) is 38.4 Å². The number of hydrogen-bond donors (Lipinski definition) is 10. The molecule has 1 saturated carbocycles. The molecular formula is C88H116N12O8. The fourth-order valence-corrected chi connectivity index (χ4v) is 17.9. The standard InChI is InChI=1S/C88H116N12O8/c1-5-73(89-3)79(101)95-77-65(59-91-57-63-31-13-7-14-32-63)47-49-71-51-53-75(99(71)83(77)105)81(103)97-87(67-35-17-9-18-36-67,68-37-19-10-20-38-68)85(107)93-55-27-25-29-61-43-45-62(46-44-61)30-26-28-56-94-86(108)88(69-39-21-11-22-40-69,70-41-23-12-24-42-70)98-82(104)76-54-52-72-50-48-66(60-92-58-64-33-15-8-16-34-64)78(84(106)100(72)76)96-80(102)74(6-2)90-4/h7-24,31-42,61-62,65-66,71-78,89-92H,5-6,25-30,43-60H2,1-4H3,(H,93,107)(H,94,108)(H,95,101)(H,96,102)(H,97,103)(H,98,104)/t61?,62?,65-,66-,71+,72+,73+,74+,75+,76?,77+,78+/m1/s1. The van der Waals surface area contributed by atoms with E-state index in [2.05, 4.69) is 77.4 Å². The van der Waals surface area contributed by atoms with E-state index in [0.717, 1.165) is 75.3 Å². The van der Waals surface area contributed by atoms with Crippen molar-refractivity contribution in [1.82, 2.24) is 63.0 Å². The molecule has 4 heterocycles. The van der Waals surface area contributed by atoms with Gasteiger partial charge in [0.25, 0.3) is 11.8 Å². The number of benzene rings is 6. The van der Waals surface area contributed by atoms with Gasteiger partial charge in [0.15, 0.2) is 11.1 Å². The molecule has 0 aromatic heterocycles. The van der Waals surface area contributed by atoms with Gasteiger partial charge in [0.2, 0.25) is 35.4 Å². The van der Waals surface area contributed by atoms with E-state index in [-0.39, 0.29) is 59.4 Å².